The van der Waals surface area contributed by atoms with Crippen LogP contribution < -0.4 is 11.1 Å². The first-order valence-electron chi connectivity index (χ1n) is 6.75. The van der Waals surface area contributed by atoms with E-state index in [4.69, 9.17) is 5.73 Å². The number of nitrogens with two attached hydrogens (primary N) is 1. The van der Waals surface area contributed by atoms with Crippen molar-refractivity contribution in [1.29, 1.82) is 0 Å². The highest BCUT2D eigenvalue weighted by Gasteiger charge is 2.30. The van der Waals surface area contributed by atoms with Crippen LogP contribution in [0.1, 0.15) is 23.0 Å². The molecule has 124 valence electrons. The quantitative estimate of drug-likeness (QED) is 0.853. The summed E-state index contributed by atoms with van der Waals surface area (Å²) in [7, 11) is 0. The Kier molecular flexibility index (Phi) is 4.94. The summed E-state index contributed by atoms with van der Waals surface area (Å²) >= 11 is 0. The largest absolute Gasteiger partial charge is 0.417 e. The molecular weight excluding hydrogens is 313 g/mol. The summed E-state index contributed by atoms with van der Waals surface area (Å²) in [6.07, 6.45) is -2.48. The van der Waals surface area contributed by atoms with E-state index in [0.29, 0.717) is 19.3 Å². The van der Waals surface area contributed by atoms with Gasteiger partial charge in [-0.25, -0.2) is 9.67 Å². The van der Waals surface area contributed by atoms with Gasteiger partial charge in [-0.1, -0.05) is 12.1 Å². The molecule has 1 amide bonds. The zero-order valence-corrected chi connectivity index (χ0v) is 12.2. The third-order valence-corrected chi connectivity index (χ3v) is 3.05. The van der Waals surface area contributed by atoms with E-state index in [2.05, 4.69) is 20.6 Å². The zero-order valence-electron chi connectivity index (χ0n) is 12.2. The molecule has 0 radical (unpaired) electrons. The van der Waals surface area contributed by atoms with E-state index >= 15 is 0 Å². The van der Waals surface area contributed by atoms with Gasteiger partial charge in [0.05, 0.1) is 11.8 Å². The molecule has 0 aliphatic heterocycles. The molecule has 2 rings (SSSR count). The Hall–Kier alpha value is -2.49. The van der Waals surface area contributed by atoms with E-state index in [1.807, 2.05) is 6.92 Å². The fourth-order valence-electron chi connectivity index (χ4n) is 1.61. The van der Waals surface area contributed by atoms with Crippen LogP contribution >= 0.6 is 0 Å². The van der Waals surface area contributed by atoms with Crippen LogP contribution in [0.25, 0.3) is 5.82 Å². The second kappa shape index (κ2) is 6.73. The van der Waals surface area contributed by atoms with Gasteiger partial charge >= 0.3 is 6.18 Å². The number of amides is 1. The number of rotatable bonds is 5. The summed E-state index contributed by atoms with van der Waals surface area (Å²) in [5, 5.41) is 10.00. The minimum absolute atomic E-state index is 0.0379. The molecule has 0 spiro atoms. The van der Waals surface area contributed by atoms with Gasteiger partial charge in [0.15, 0.2) is 11.5 Å². The minimum Gasteiger partial charge on any atom is -0.350 e. The lowest BCUT2D eigenvalue weighted by molar-refractivity contribution is -0.137. The van der Waals surface area contributed by atoms with Crippen molar-refractivity contribution < 1.29 is 18.0 Å². The van der Waals surface area contributed by atoms with Crippen LogP contribution in [0.2, 0.25) is 0 Å². The highest BCUT2D eigenvalue weighted by atomic mass is 19.4. The SMILES string of the molecule is CC(CN)CNC(=O)c1cn(-c2ccc(C(F)(F)F)cn2)nn1. The molecule has 2 aromatic rings. The molecule has 0 saturated heterocycles. The highest BCUT2D eigenvalue weighted by Crippen LogP contribution is 2.28. The van der Waals surface area contributed by atoms with E-state index in [1.54, 1.807) is 0 Å². The number of pyridine rings is 1. The number of carbonyl (C=O) groups excluding carboxylic acids is 1. The predicted octanol–water partition coefficient (Wildman–Crippen LogP) is 1.01. The van der Waals surface area contributed by atoms with Crippen molar-refractivity contribution in [3.63, 3.8) is 0 Å². The molecule has 0 saturated carbocycles. The number of nitrogens with one attached hydrogen (secondary N) is 1. The Labute approximate surface area is 129 Å². The first-order valence-corrected chi connectivity index (χ1v) is 6.75. The van der Waals surface area contributed by atoms with E-state index in [0.717, 1.165) is 16.8 Å². The van der Waals surface area contributed by atoms with Crippen molar-refractivity contribution in [2.45, 2.75) is 13.1 Å². The maximum atomic E-state index is 12.5. The topological polar surface area (TPSA) is 98.7 Å². The molecule has 3 N–H and O–H groups in total. The fourth-order valence-corrected chi connectivity index (χ4v) is 1.61. The number of halogens is 3. The molecule has 10 heteroatoms. The maximum absolute atomic E-state index is 12.5. The first kappa shape index (κ1) is 16.9. The molecule has 0 fully saturated rings. The molecular formula is C13H15F3N6O. The number of alkyl halides is 3. The number of aromatic nitrogens is 4. The molecule has 1 atom stereocenters. The predicted molar refractivity (Wildman–Crippen MR) is 74.7 cm³/mol. The molecule has 0 aromatic carbocycles. The minimum atomic E-state index is -4.46. The van der Waals surface area contributed by atoms with Crippen LogP contribution in [0.15, 0.2) is 24.5 Å². The van der Waals surface area contributed by atoms with Crippen molar-refractivity contribution in [1.82, 2.24) is 25.3 Å². The van der Waals surface area contributed by atoms with Crippen LogP contribution in [0.5, 0.6) is 0 Å². The van der Waals surface area contributed by atoms with Gasteiger partial charge in [0.2, 0.25) is 0 Å². The van der Waals surface area contributed by atoms with Gasteiger partial charge < -0.3 is 11.1 Å². The van der Waals surface area contributed by atoms with E-state index in [-0.39, 0.29) is 17.4 Å². The normalized spacial score (nSPS) is 12.9. The van der Waals surface area contributed by atoms with Crippen molar-refractivity contribution in [2.75, 3.05) is 13.1 Å². The van der Waals surface area contributed by atoms with Crippen molar-refractivity contribution in [3.8, 4) is 5.82 Å². The van der Waals surface area contributed by atoms with E-state index < -0.39 is 17.6 Å². The summed E-state index contributed by atoms with van der Waals surface area (Å²) in [6.45, 7) is 2.70. The van der Waals surface area contributed by atoms with E-state index in [1.165, 1.54) is 6.20 Å². The highest BCUT2D eigenvalue weighted by molar-refractivity contribution is 5.91. The number of hydrogen-bond acceptors (Lipinski definition) is 5. The van der Waals surface area contributed by atoms with Crippen molar-refractivity contribution in [3.05, 3.63) is 35.8 Å². The Morgan fingerprint density at radius 1 is 1.43 bits per heavy atom. The lowest BCUT2D eigenvalue weighted by Crippen LogP contribution is -2.31. The Morgan fingerprint density at radius 3 is 2.74 bits per heavy atom. The summed E-state index contributed by atoms with van der Waals surface area (Å²) in [4.78, 5) is 15.5. The van der Waals surface area contributed by atoms with Gasteiger partial charge in [0.25, 0.3) is 5.91 Å². The average Bonchev–Trinajstić information content (AvgIpc) is 3.01. The smallest absolute Gasteiger partial charge is 0.350 e. The van der Waals surface area contributed by atoms with Gasteiger partial charge in [-0.2, -0.15) is 13.2 Å². The Balaban J connectivity index is 2.08. The van der Waals surface area contributed by atoms with Crippen LogP contribution in [0.3, 0.4) is 0 Å². The van der Waals surface area contributed by atoms with Crippen molar-refractivity contribution in [2.24, 2.45) is 11.7 Å². The molecule has 7 nitrogen and oxygen atoms in total. The van der Waals surface area contributed by atoms with Crippen LogP contribution in [0.4, 0.5) is 13.2 Å². The van der Waals surface area contributed by atoms with Gasteiger partial charge in [0, 0.05) is 12.7 Å². The number of carbonyl (C=O) groups is 1. The second-order valence-corrected chi connectivity index (χ2v) is 5.00. The molecule has 2 heterocycles. The first-order chi connectivity index (χ1) is 10.8. The molecule has 1 unspecified atom stereocenters. The Bertz CT molecular complexity index is 667. The van der Waals surface area contributed by atoms with Gasteiger partial charge in [-0.05, 0) is 24.6 Å². The van der Waals surface area contributed by atoms with Crippen LogP contribution in [-0.4, -0.2) is 39.0 Å². The van der Waals surface area contributed by atoms with Crippen molar-refractivity contribution >= 4 is 5.91 Å². The second-order valence-electron chi connectivity index (χ2n) is 5.00. The molecule has 0 bridgehead atoms. The summed E-state index contributed by atoms with van der Waals surface area (Å²) in [6, 6.07) is 2.03. The van der Waals surface area contributed by atoms with Gasteiger partial charge in [0.1, 0.15) is 0 Å². The Morgan fingerprint density at radius 2 is 2.17 bits per heavy atom. The molecule has 23 heavy (non-hydrogen) atoms. The standard InChI is InChI=1S/C13H15F3N6O/c1-8(4-17)5-19-12(23)10-7-22(21-20-10)11-3-2-9(6-18-11)13(14,15)16/h2-3,6-8H,4-5,17H2,1H3,(H,19,23). The molecule has 0 aliphatic rings. The summed E-state index contributed by atoms with van der Waals surface area (Å²) in [5.74, 6) is -0.200. The average molecular weight is 328 g/mol. The summed E-state index contributed by atoms with van der Waals surface area (Å²) < 4.78 is 38.6. The maximum Gasteiger partial charge on any atom is 0.417 e. The van der Waals surface area contributed by atoms with Gasteiger partial charge in [-0.15, -0.1) is 5.10 Å². The monoisotopic (exact) mass is 328 g/mol. The third-order valence-electron chi connectivity index (χ3n) is 3.05. The van der Waals surface area contributed by atoms with E-state index in [9.17, 15) is 18.0 Å². The van der Waals surface area contributed by atoms with Gasteiger partial charge in [-0.3, -0.25) is 4.79 Å². The fraction of sp³-hybridized carbons (Fsp3) is 0.385. The number of nitrogens with zero attached hydrogens (tertiary/aromatic N) is 4. The number of hydrogen-bond donors (Lipinski definition) is 2. The zero-order chi connectivity index (χ0) is 17.0. The molecule has 2 aromatic heterocycles. The summed E-state index contributed by atoms with van der Waals surface area (Å²) in [5.41, 5.74) is 4.62. The lowest BCUT2D eigenvalue weighted by atomic mass is 10.2. The third kappa shape index (κ3) is 4.25. The van der Waals surface area contributed by atoms with Crippen LogP contribution in [-0.2, 0) is 6.18 Å². The lowest BCUT2D eigenvalue weighted by Gasteiger charge is -2.08. The molecule has 0 aliphatic carbocycles. The van der Waals surface area contributed by atoms with Crippen LogP contribution in [0, 0.1) is 5.92 Å².